The van der Waals surface area contributed by atoms with Crippen LogP contribution < -0.4 is 4.74 Å². The fourth-order valence-corrected chi connectivity index (χ4v) is 2.38. The van der Waals surface area contributed by atoms with E-state index in [1.54, 1.807) is 20.9 Å². The Morgan fingerprint density at radius 3 is 2.13 bits per heavy atom. The Morgan fingerprint density at radius 1 is 1.09 bits per heavy atom. The number of amides is 1. The van der Waals surface area contributed by atoms with Crippen LogP contribution in [0.25, 0.3) is 0 Å². The number of benzene rings is 2. The lowest BCUT2D eigenvalue weighted by atomic mass is 10.1. The molecule has 0 saturated heterocycles. The summed E-state index contributed by atoms with van der Waals surface area (Å²) in [4.78, 5) is 14.3. The normalized spacial score (nSPS) is 12.5. The summed E-state index contributed by atoms with van der Waals surface area (Å²) in [6, 6.07) is 18.6. The van der Waals surface area contributed by atoms with Gasteiger partial charge in [0, 0.05) is 19.2 Å². The maximum Gasteiger partial charge on any atom is 0.268 e. The van der Waals surface area contributed by atoms with Gasteiger partial charge in [0.2, 0.25) is 6.10 Å². The first kappa shape index (κ1) is 17.0. The molecule has 0 fully saturated rings. The van der Waals surface area contributed by atoms with E-state index in [-0.39, 0.29) is 12.5 Å². The third-order valence-corrected chi connectivity index (χ3v) is 3.32. The number of likely N-dealkylation sites (N-methyl/N-ethyl adjacent to an activating group) is 1. The van der Waals surface area contributed by atoms with Crippen LogP contribution in [0.4, 0.5) is 0 Å². The molecule has 4 nitrogen and oxygen atoms in total. The van der Waals surface area contributed by atoms with Crippen molar-refractivity contribution in [2.75, 3.05) is 13.6 Å². The van der Waals surface area contributed by atoms with E-state index < -0.39 is 11.7 Å². The third kappa shape index (κ3) is 5.11. The molecular weight excluding hydrogens is 290 g/mol. The quantitative estimate of drug-likeness (QED) is 0.892. The van der Waals surface area contributed by atoms with Gasteiger partial charge in [0.25, 0.3) is 5.91 Å². The molecule has 4 heteroatoms. The van der Waals surface area contributed by atoms with E-state index in [1.165, 1.54) is 4.90 Å². The Hall–Kier alpha value is -2.33. The molecule has 1 amide bonds. The second-order valence-corrected chi connectivity index (χ2v) is 6.23. The van der Waals surface area contributed by atoms with Crippen LogP contribution in [0.15, 0.2) is 60.7 Å². The fourth-order valence-electron chi connectivity index (χ4n) is 2.38. The molecule has 0 bridgehead atoms. The highest BCUT2D eigenvalue weighted by Gasteiger charge is 2.28. The Labute approximate surface area is 137 Å². The zero-order chi connectivity index (χ0) is 16.9. The molecule has 122 valence electrons. The van der Waals surface area contributed by atoms with Crippen molar-refractivity contribution in [3.8, 4) is 5.75 Å². The van der Waals surface area contributed by atoms with E-state index in [1.807, 2.05) is 60.7 Å². The number of nitrogens with zero attached hydrogens (tertiary/aromatic N) is 1. The van der Waals surface area contributed by atoms with Crippen molar-refractivity contribution in [3.05, 3.63) is 66.2 Å². The molecule has 23 heavy (non-hydrogen) atoms. The minimum Gasteiger partial charge on any atom is -0.476 e. The van der Waals surface area contributed by atoms with Gasteiger partial charge in [-0.15, -0.1) is 0 Å². The summed E-state index contributed by atoms with van der Waals surface area (Å²) in [5, 5.41) is 9.94. The second-order valence-electron chi connectivity index (χ2n) is 6.23. The van der Waals surface area contributed by atoms with Crippen LogP contribution in [-0.4, -0.2) is 35.1 Å². The number of aliphatic hydroxyl groups is 1. The summed E-state index contributed by atoms with van der Waals surface area (Å²) >= 11 is 0. The summed E-state index contributed by atoms with van der Waals surface area (Å²) in [5.41, 5.74) is -0.178. The molecule has 1 N–H and O–H groups in total. The first-order valence-electron chi connectivity index (χ1n) is 7.61. The molecule has 2 aromatic carbocycles. The van der Waals surface area contributed by atoms with E-state index >= 15 is 0 Å². The largest absolute Gasteiger partial charge is 0.476 e. The molecule has 0 aliphatic rings. The highest BCUT2D eigenvalue weighted by atomic mass is 16.5. The van der Waals surface area contributed by atoms with E-state index in [9.17, 15) is 9.90 Å². The summed E-state index contributed by atoms with van der Waals surface area (Å²) < 4.78 is 5.93. The molecule has 2 aromatic rings. The van der Waals surface area contributed by atoms with Gasteiger partial charge in [-0.25, -0.2) is 0 Å². The van der Waals surface area contributed by atoms with Crippen molar-refractivity contribution in [1.29, 1.82) is 0 Å². The number of hydrogen-bond donors (Lipinski definition) is 1. The van der Waals surface area contributed by atoms with Crippen LogP contribution in [0.5, 0.6) is 5.75 Å². The van der Waals surface area contributed by atoms with Crippen molar-refractivity contribution in [2.45, 2.75) is 25.6 Å². The van der Waals surface area contributed by atoms with Gasteiger partial charge >= 0.3 is 0 Å². The Bertz CT molecular complexity index is 620. The topological polar surface area (TPSA) is 49.8 Å². The van der Waals surface area contributed by atoms with Crippen LogP contribution in [0.2, 0.25) is 0 Å². The molecule has 0 aromatic heterocycles. The number of carbonyl (C=O) groups is 1. The van der Waals surface area contributed by atoms with Crippen molar-refractivity contribution in [2.24, 2.45) is 0 Å². The summed E-state index contributed by atoms with van der Waals surface area (Å²) in [5.74, 6) is 0.438. The molecular formula is C19H23NO3. The molecule has 0 spiro atoms. The Morgan fingerprint density at radius 2 is 1.61 bits per heavy atom. The van der Waals surface area contributed by atoms with E-state index in [4.69, 9.17) is 4.74 Å². The molecule has 1 atom stereocenters. The van der Waals surface area contributed by atoms with Crippen molar-refractivity contribution >= 4 is 5.91 Å². The number of para-hydroxylation sites is 1. The predicted molar refractivity (Wildman–Crippen MR) is 90.2 cm³/mol. The standard InChI is InChI=1S/C19H23NO3/c1-19(2,22)14-20(3)18(21)17(15-10-6-4-7-11-15)23-16-12-8-5-9-13-16/h4-13,17,22H,14H2,1-3H3. The summed E-state index contributed by atoms with van der Waals surface area (Å²) in [6.45, 7) is 3.58. The highest BCUT2D eigenvalue weighted by Crippen LogP contribution is 2.24. The fraction of sp³-hybridized carbons (Fsp3) is 0.316. The van der Waals surface area contributed by atoms with Gasteiger partial charge in [0.05, 0.1) is 5.60 Å². The van der Waals surface area contributed by atoms with Gasteiger partial charge < -0.3 is 14.7 Å². The van der Waals surface area contributed by atoms with Crippen molar-refractivity contribution in [1.82, 2.24) is 4.90 Å². The lowest BCUT2D eigenvalue weighted by molar-refractivity contribution is -0.140. The molecule has 0 aliphatic carbocycles. The van der Waals surface area contributed by atoms with E-state index in [0.717, 1.165) is 5.56 Å². The Kier molecular flexibility index (Phi) is 5.40. The first-order valence-corrected chi connectivity index (χ1v) is 7.61. The highest BCUT2D eigenvalue weighted by molar-refractivity contribution is 5.82. The lowest BCUT2D eigenvalue weighted by Gasteiger charge is -2.29. The number of rotatable bonds is 6. The van der Waals surface area contributed by atoms with Crippen molar-refractivity contribution < 1.29 is 14.6 Å². The second kappa shape index (κ2) is 7.29. The lowest BCUT2D eigenvalue weighted by Crippen LogP contribution is -2.42. The average molecular weight is 313 g/mol. The molecule has 2 rings (SSSR count). The van der Waals surface area contributed by atoms with Crippen LogP contribution in [0, 0.1) is 0 Å². The number of carbonyl (C=O) groups excluding carboxylic acids is 1. The van der Waals surface area contributed by atoms with Gasteiger partial charge in [-0.1, -0.05) is 48.5 Å². The van der Waals surface area contributed by atoms with Crippen LogP contribution in [0.1, 0.15) is 25.5 Å². The molecule has 1 unspecified atom stereocenters. The minimum atomic E-state index is -0.960. The van der Waals surface area contributed by atoms with Crippen molar-refractivity contribution in [3.63, 3.8) is 0 Å². The van der Waals surface area contributed by atoms with Crippen LogP contribution in [-0.2, 0) is 4.79 Å². The Balaban J connectivity index is 2.25. The molecule has 0 saturated carbocycles. The zero-order valence-electron chi connectivity index (χ0n) is 13.8. The van der Waals surface area contributed by atoms with Gasteiger partial charge in [-0.05, 0) is 26.0 Å². The molecule has 0 aliphatic heterocycles. The first-order chi connectivity index (χ1) is 10.9. The minimum absolute atomic E-state index is 0.192. The van der Waals surface area contributed by atoms with Crippen LogP contribution >= 0.6 is 0 Å². The monoisotopic (exact) mass is 313 g/mol. The maximum absolute atomic E-state index is 12.8. The van der Waals surface area contributed by atoms with Gasteiger partial charge in [0.15, 0.2) is 0 Å². The number of ether oxygens (including phenoxy) is 1. The average Bonchev–Trinajstić information content (AvgIpc) is 2.52. The number of hydrogen-bond acceptors (Lipinski definition) is 3. The molecule has 0 heterocycles. The summed E-state index contributed by atoms with van der Waals surface area (Å²) in [7, 11) is 1.67. The van der Waals surface area contributed by atoms with E-state index in [2.05, 4.69) is 0 Å². The third-order valence-electron chi connectivity index (χ3n) is 3.32. The van der Waals surface area contributed by atoms with Gasteiger partial charge in [-0.3, -0.25) is 4.79 Å². The van der Waals surface area contributed by atoms with E-state index in [0.29, 0.717) is 5.75 Å². The summed E-state index contributed by atoms with van der Waals surface area (Å²) in [6.07, 6.45) is -0.744. The maximum atomic E-state index is 12.8. The van der Waals surface area contributed by atoms with Gasteiger partial charge in [-0.2, -0.15) is 0 Å². The van der Waals surface area contributed by atoms with Crippen LogP contribution in [0.3, 0.4) is 0 Å². The predicted octanol–water partition coefficient (Wildman–Crippen LogP) is 3.04. The zero-order valence-corrected chi connectivity index (χ0v) is 13.8. The molecule has 0 radical (unpaired) electrons. The smallest absolute Gasteiger partial charge is 0.268 e. The SMILES string of the molecule is CN(CC(C)(C)O)C(=O)C(Oc1ccccc1)c1ccccc1. The van der Waals surface area contributed by atoms with Gasteiger partial charge in [0.1, 0.15) is 5.75 Å².